The first kappa shape index (κ1) is 13.0. The van der Waals surface area contributed by atoms with E-state index in [1.54, 1.807) is 0 Å². The fraction of sp³-hybridized carbons (Fsp3) is 0.833. The van der Waals surface area contributed by atoms with E-state index in [4.69, 9.17) is 0 Å². The van der Waals surface area contributed by atoms with Crippen LogP contribution in [0.3, 0.4) is 0 Å². The van der Waals surface area contributed by atoms with Crippen LogP contribution in [0, 0.1) is 5.92 Å². The molecule has 0 aliphatic carbocycles. The Hall–Kier alpha value is -1.06. The van der Waals surface area contributed by atoms with Crippen molar-refractivity contribution in [2.24, 2.45) is 5.92 Å². The number of carbonyl (C=O) groups is 2. The molecule has 1 heterocycles. The lowest BCUT2D eigenvalue weighted by atomic mass is 10.1. The van der Waals surface area contributed by atoms with Gasteiger partial charge in [0, 0.05) is 19.5 Å². The third-order valence-corrected chi connectivity index (χ3v) is 2.72. The third-order valence-electron chi connectivity index (χ3n) is 2.72. The van der Waals surface area contributed by atoms with Crippen molar-refractivity contribution < 1.29 is 9.59 Å². The molecule has 0 bridgehead atoms. The van der Waals surface area contributed by atoms with Gasteiger partial charge in [0.05, 0.1) is 0 Å². The van der Waals surface area contributed by atoms with E-state index < -0.39 is 0 Å². The molecule has 1 fully saturated rings. The van der Waals surface area contributed by atoms with Crippen molar-refractivity contribution in [2.75, 3.05) is 13.1 Å². The third kappa shape index (κ3) is 3.51. The summed E-state index contributed by atoms with van der Waals surface area (Å²) in [4.78, 5) is 25.4. The zero-order chi connectivity index (χ0) is 12.1. The normalized spacial score (nSPS) is 22.2. The highest BCUT2D eigenvalue weighted by atomic mass is 16.2. The molecule has 0 aromatic rings. The van der Waals surface area contributed by atoms with Crippen LogP contribution in [0.15, 0.2) is 0 Å². The summed E-state index contributed by atoms with van der Waals surface area (Å²) in [6.45, 7) is 7.50. The Balaban J connectivity index is 2.70. The summed E-state index contributed by atoms with van der Waals surface area (Å²) in [7, 11) is 0. The number of rotatable bonds is 4. The molecule has 1 N–H and O–H groups in total. The summed E-state index contributed by atoms with van der Waals surface area (Å²) in [5, 5.41) is 2.80. The summed E-state index contributed by atoms with van der Waals surface area (Å²) >= 11 is 0. The van der Waals surface area contributed by atoms with Crippen LogP contribution in [0.25, 0.3) is 0 Å². The minimum absolute atomic E-state index is 0.00180. The molecule has 2 amide bonds. The first-order valence-electron chi connectivity index (χ1n) is 6.12. The van der Waals surface area contributed by atoms with Gasteiger partial charge in [-0.1, -0.05) is 27.2 Å². The highest BCUT2D eigenvalue weighted by Crippen LogP contribution is 2.10. The van der Waals surface area contributed by atoms with Crippen LogP contribution in [0.4, 0.5) is 0 Å². The summed E-state index contributed by atoms with van der Waals surface area (Å²) in [6.07, 6.45) is 2.07. The standard InChI is InChI=1S/C12H22N2O2/c1-4-5-10-12(16)14(8-9(2)3)7-6-11(15)13-10/h9-10H,4-8H2,1-3H3,(H,13,15). The van der Waals surface area contributed by atoms with Crippen molar-refractivity contribution in [1.29, 1.82) is 0 Å². The fourth-order valence-electron chi connectivity index (χ4n) is 2.00. The zero-order valence-electron chi connectivity index (χ0n) is 10.5. The highest BCUT2D eigenvalue weighted by Gasteiger charge is 2.29. The molecule has 1 aliphatic rings. The van der Waals surface area contributed by atoms with Crippen molar-refractivity contribution in [3.63, 3.8) is 0 Å². The topological polar surface area (TPSA) is 49.4 Å². The molecular weight excluding hydrogens is 204 g/mol. The molecule has 1 atom stereocenters. The molecular formula is C12H22N2O2. The quantitative estimate of drug-likeness (QED) is 0.782. The highest BCUT2D eigenvalue weighted by molar-refractivity contribution is 5.89. The van der Waals surface area contributed by atoms with Crippen LogP contribution in [0.5, 0.6) is 0 Å². The van der Waals surface area contributed by atoms with E-state index >= 15 is 0 Å². The average molecular weight is 226 g/mol. The van der Waals surface area contributed by atoms with E-state index in [1.807, 2.05) is 11.8 Å². The number of nitrogens with one attached hydrogen (secondary N) is 1. The van der Waals surface area contributed by atoms with Crippen LogP contribution < -0.4 is 5.32 Å². The Labute approximate surface area is 97.4 Å². The molecule has 1 saturated heterocycles. The SMILES string of the molecule is CCCC1NC(=O)CCN(CC(C)C)C1=O. The number of hydrogen-bond acceptors (Lipinski definition) is 2. The van der Waals surface area contributed by atoms with Gasteiger partial charge in [-0.05, 0) is 12.3 Å². The maximum atomic E-state index is 12.1. The van der Waals surface area contributed by atoms with E-state index in [1.165, 1.54) is 0 Å². The molecule has 4 heteroatoms. The van der Waals surface area contributed by atoms with Gasteiger partial charge in [-0.3, -0.25) is 9.59 Å². The van der Waals surface area contributed by atoms with Gasteiger partial charge in [-0.2, -0.15) is 0 Å². The van der Waals surface area contributed by atoms with Crippen molar-refractivity contribution in [3.05, 3.63) is 0 Å². The second-order valence-electron chi connectivity index (χ2n) is 4.84. The van der Waals surface area contributed by atoms with Gasteiger partial charge >= 0.3 is 0 Å². The lowest BCUT2D eigenvalue weighted by Gasteiger charge is -2.25. The smallest absolute Gasteiger partial charge is 0.245 e. The second kappa shape index (κ2) is 5.87. The molecule has 0 radical (unpaired) electrons. The zero-order valence-corrected chi connectivity index (χ0v) is 10.5. The Bertz CT molecular complexity index is 264. The molecule has 4 nitrogen and oxygen atoms in total. The first-order valence-corrected chi connectivity index (χ1v) is 6.12. The van der Waals surface area contributed by atoms with E-state index in [9.17, 15) is 9.59 Å². The molecule has 0 saturated carbocycles. The summed E-state index contributed by atoms with van der Waals surface area (Å²) in [6, 6.07) is -0.307. The molecule has 0 aromatic carbocycles. The number of amides is 2. The van der Waals surface area contributed by atoms with Crippen LogP contribution in [0.2, 0.25) is 0 Å². The van der Waals surface area contributed by atoms with Crippen molar-refractivity contribution in [1.82, 2.24) is 10.2 Å². The Morgan fingerprint density at radius 2 is 2.12 bits per heavy atom. The van der Waals surface area contributed by atoms with Gasteiger partial charge < -0.3 is 10.2 Å². The van der Waals surface area contributed by atoms with Crippen LogP contribution in [-0.4, -0.2) is 35.8 Å². The summed E-state index contributed by atoms with van der Waals surface area (Å²) in [5.41, 5.74) is 0. The fourth-order valence-corrected chi connectivity index (χ4v) is 2.00. The molecule has 1 aliphatic heterocycles. The minimum Gasteiger partial charge on any atom is -0.344 e. The van der Waals surface area contributed by atoms with Crippen LogP contribution >= 0.6 is 0 Å². The molecule has 0 aromatic heterocycles. The maximum Gasteiger partial charge on any atom is 0.245 e. The van der Waals surface area contributed by atoms with Crippen LogP contribution in [0.1, 0.15) is 40.0 Å². The van der Waals surface area contributed by atoms with Gasteiger partial charge in [0.1, 0.15) is 6.04 Å². The van der Waals surface area contributed by atoms with E-state index in [0.29, 0.717) is 18.9 Å². The predicted octanol–water partition coefficient (Wildman–Crippen LogP) is 1.16. The lowest BCUT2D eigenvalue weighted by Crippen LogP contribution is -2.45. The summed E-state index contributed by atoms with van der Waals surface area (Å²) < 4.78 is 0. The van der Waals surface area contributed by atoms with E-state index in [2.05, 4.69) is 19.2 Å². The Kier molecular flexibility index (Phi) is 4.77. The number of carbonyl (C=O) groups excluding carboxylic acids is 2. The van der Waals surface area contributed by atoms with Crippen LogP contribution in [-0.2, 0) is 9.59 Å². The molecule has 1 unspecified atom stereocenters. The van der Waals surface area contributed by atoms with Gasteiger partial charge in [0.2, 0.25) is 11.8 Å². The summed E-state index contributed by atoms with van der Waals surface area (Å²) in [5.74, 6) is 0.527. The minimum atomic E-state index is -0.307. The molecule has 92 valence electrons. The van der Waals surface area contributed by atoms with Gasteiger partial charge in [0.15, 0.2) is 0 Å². The van der Waals surface area contributed by atoms with Crippen molar-refractivity contribution in [2.45, 2.75) is 46.1 Å². The van der Waals surface area contributed by atoms with E-state index in [-0.39, 0.29) is 17.9 Å². The van der Waals surface area contributed by atoms with Crippen molar-refractivity contribution >= 4 is 11.8 Å². The average Bonchev–Trinajstić information content (AvgIpc) is 2.32. The second-order valence-corrected chi connectivity index (χ2v) is 4.84. The Morgan fingerprint density at radius 1 is 1.44 bits per heavy atom. The van der Waals surface area contributed by atoms with E-state index in [0.717, 1.165) is 19.4 Å². The maximum absolute atomic E-state index is 12.1. The van der Waals surface area contributed by atoms with Gasteiger partial charge in [0.25, 0.3) is 0 Å². The predicted molar refractivity (Wildman–Crippen MR) is 62.9 cm³/mol. The van der Waals surface area contributed by atoms with Crippen molar-refractivity contribution in [3.8, 4) is 0 Å². The Morgan fingerprint density at radius 3 is 2.69 bits per heavy atom. The number of nitrogens with zero attached hydrogens (tertiary/aromatic N) is 1. The monoisotopic (exact) mass is 226 g/mol. The molecule has 16 heavy (non-hydrogen) atoms. The number of hydrogen-bond donors (Lipinski definition) is 1. The van der Waals surface area contributed by atoms with Gasteiger partial charge in [-0.15, -0.1) is 0 Å². The lowest BCUT2D eigenvalue weighted by molar-refractivity contribution is -0.134. The molecule has 0 spiro atoms. The molecule has 1 rings (SSSR count). The van der Waals surface area contributed by atoms with Gasteiger partial charge in [-0.25, -0.2) is 0 Å². The largest absolute Gasteiger partial charge is 0.344 e. The first-order chi connectivity index (χ1) is 7.54.